The van der Waals surface area contributed by atoms with Gasteiger partial charge in [0.15, 0.2) is 0 Å². The van der Waals surface area contributed by atoms with Crippen molar-refractivity contribution in [2.75, 3.05) is 39.3 Å². The predicted molar refractivity (Wildman–Crippen MR) is 114 cm³/mol. The molecule has 7 heteroatoms. The summed E-state index contributed by atoms with van der Waals surface area (Å²) in [7, 11) is 3.09. The molecule has 0 saturated carbocycles. The third-order valence-electron chi connectivity index (χ3n) is 4.79. The van der Waals surface area contributed by atoms with Crippen LogP contribution in [0.15, 0.2) is 54.2 Å². The molecule has 0 fully saturated rings. The highest BCUT2D eigenvalue weighted by Gasteiger charge is 2.40. The molecule has 2 aromatic carbocycles. The predicted octanol–water partition coefficient (Wildman–Crippen LogP) is 3.32. The van der Waals surface area contributed by atoms with Crippen LogP contribution in [-0.4, -0.2) is 50.7 Å². The van der Waals surface area contributed by atoms with Crippen LogP contribution in [0.1, 0.15) is 18.9 Å². The highest BCUT2D eigenvalue weighted by Crippen LogP contribution is 2.36. The molecule has 1 heterocycles. The van der Waals surface area contributed by atoms with E-state index in [1.54, 1.807) is 37.4 Å². The maximum Gasteiger partial charge on any atom is 0.278 e. The first kappa shape index (κ1) is 21.4. The number of methoxy groups -OCH3 is 2. The lowest BCUT2D eigenvalue weighted by atomic mass is 10.0. The first-order valence-electron chi connectivity index (χ1n) is 9.84. The van der Waals surface area contributed by atoms with Gasteiger partial charge in [-0.25, -0.2) is 0 Å². The summed E-state index contributed by atoms with van der Waals surface area (Å²) in [5, 5.41) is 3.13. The van der Waals surface area contributed by atoms with Gasteiger partial charge in [-0.05, 0) is 31.5 Å². The van der Waals surface area contributed by atoms with E-state index in [4.69, 9.17) is 14.2 Å². The van der Waals surface area contributed by atoms with E-state index < -0.39 is 0 Å². The number of hydrogen-bond donors (Lipinski definition) is 1. The summed E-state index contributed by atoms with van der Waals surface area (Å²) in [6, 6.07) is 14.4. The Morgan fingerprint density at radius 3 is 2.27 bits per heavy atom. The number of para-hydroxylation sites is 3. The van der Waals surface area contributed by atoms with Gasteiger partial charge in [0.1, 0.15) is 17.2 Å². The highest BCUT2D eigenvalue weighted by atomic mass is 16.5. The second-order valence-electron chi connectivity index (χ2n) is 6.59. The van der Waals surface area contributed by atoms with Gasteiger partial charge in [-0.15, -0.1) is 0 Å². The number of ether oxygens (including phenoxy) is 3. The molecule has 7 nitrogen and oxygen atoms in total. The molecule has 0 spiro atoms. The number of anilines is 1. The monoisotopic (exact) mass is 410 g/mol. The van der Waals surface area contributed by atoms with Crippen molar-refractivity contribution < 1.29 is 23.8 Å². The summed E-state index contributed by atoms with van der Waals surface area (Å²) in [6.07, 6.45) is 0.562. The second-order valence-corrected chi connectivity index (χ2v) is 6.59. The van der Waals surface area contributed by atoms with Crippen LogP contribution < -0.4 is 14.8 Å². The average Bonchev–Trinajstić information content (AvgIpc) is 3.00. The van der Waals surface area contributed by atoms with Crippen LogP contribution in [0.2, 0.25) is 0 Å². The number of benzene rings is 2. The smallest absolute Gasteiger partial charge is 0.278 e. The van der Waals surface area contributed by atoms with Crippen LogP contribution in [0.4, 0.5) is 5.69 Å². The standard InChI is InChI=1S/C23H26N2O5/c1-4-30-15-9-14-25-22(26)20(16-10-5-7-12-18(16)28-2)21(23(25)27)24-17-11-6-8-13-19(17)29-3/h5-8,10-13,24H,4,9,14-15H2,1-3H3. The van der Waals surface area contributed by atoms with Crippen molar-refractivity contribution in [3.8, 4) is 11.5 Å². The maximum atomic E-state index is 13.3. The quantitative estimate of drug-likeness (QED) is 0.478. The summed E-state index contributed by atoms with van der Waals surface area (Å²) < 4.78 is 16.2. The molecule has 2 amide bonds. The fourth-order valence-corrected chi connectivity index (χ4v) is 3.35. The Kier molecular flexibility index (Phi) is 7.08. The summed E-state index contributed by atoms with van der Waals surface area (Å²) >= 11 is 0. The minimum absolute atomic E-state index is 0.199. The minimum atomic E-state index is -0.386. The fourth-order valence-electron chi connectivity index (χ4n) is 3.35. The molecule has 1 aliphatic rings. The number of imide groups is 1. The van der Waals surface area contributed by atoms with E-state index in [2.05, 4.69) is 5.32 Å². The fraction of sp³-hybridized carbons (Fsp3) is 0.304. The number of carbonyl (C=O) groups excluding carboxylic acids is 2. The Morgan fingerprint density at radius 1 is 0.900 bits per heavy atom. The van der Waals surface area contributed by atoms with Crippen LogP contribution in [0.3, 0.4) is 0 Å². The van der Waals surface area contributed by atoms with Gasteiger partial charge in [0, 0.05) is 25.3 Å². The van der Waals surface area contributed by atoms with Gasteiger partial charge in [-0.3, -0.25) is 14.5 Å². The van der Waals surface area contributed by atoms with Crippen LogP contribution >= 0.6 is 0 Å². The molecular formula is C23H26N2O5. The Balaban J connectivity index is 2.02. The van der Waals surface area contributed by atoms with Gasteiger partial charge in [-0.1, -0.05) is 30.3 Å². The molecule has 3 rings (SSSR count). The van der Waals surface area contributed by atoms with Gasteiger partial charge in [0.05, 0.1) is 25.5 Å². The lowest BCUT2D eigenvalue weighted by molar-refractivity contribution is -0.137. The van der Waals surface area contributed by atoms with Gasteiger partial charge < -0.3 is 19.5 Å². The van der Waals surface area contributed by atoms with E-state index in [0.717, 1.165) is 0 Å². The number of rotatable bonds is 10. The lowest BCUT2D eigenvalue weighted by Gasteiger charge is -2.15. The van der Waals surface area contributed by atoms with Crippen molar-refractivity contribution in [1.29, 1.82) is 0 Å². The van der Waals surface area contributed by atoms with E-state index in [0.29, 0.717) is 42.4 Å². The highest BCUT2D eigenvalue weighted by molar-refractivity contribution is 6.37. The molecule has 0 bridgehead atoms. The van der Waals surface area contributed by atoms with Gasteiger partial charge in [-0.2, -0.15) is 0 Å². The molecule has 1 N–H and O–H groups in total. The molecule has 0 aromatic heterocycles. The SMILES string of the molecule is CCOCCCN1C(=O)C(Nc2ccccc2OC)=C(c2ccccc2OC)C1=O. The summed E-state index contributed by atoms with van der Waals surface area (Å²) in [6.45, 7) is 3.25. The molecule has 0 unspecified atom stereocenters. The topological polar surface area (TPSA) is 77.1 Å². The second kappa shape index (κ2) is 9.93. The summed E-state index contributed by atoms with van der Waals surface area (Å²) in [5.74, 6) is 0.338. The van der Waals surface area contributed by atoms with Crippen molar-refractivity contribution in [2.45, 2.75) is 13.3 Å². The Bertz CT molecular complexity index is 954. The van der Waals surface area contributed by atoms with Crippen molar-refractivity contribution in [3.05, 3.63) is 59.8 Å². The molecule has 0 atom stereocenters. The normalized spacial score (nSPS) is 13.8. The average molecular weight is 410 g/mol. The number of nitrogens with one attached hydrogen (secondary N) is 1. The van der Waals surface area contributed by atoms with Crippen LogP contribution in [0, 0.1) is 0 Å². The van der Waals surface area contributed by atoms with Crippen molar-refractivity contribution >= 4 is 23.1 Å². The van der Waals surface area contributed by atoms with Crippen molar-refractivity contribution in [1.82, 2.24) is 4.90 Å². The number of carbonyl (C=O) groups is 2. The van der Waals surface area contributed by atoms with E-state index >= 15 is 0 Å². The van der Waals surface area contributed by atoms with E-state index in [-0.39, 0.29) is 29.6 Å². The lowest BCUT2D eigenvalue weighted by Crippen LogP contribution is -2.34. The molecular weight excluding hydrogens is 384 g/mol. The van der Waals surface area contributed by atoms with Crippen LogP contribution in [0.25, 0.3) is 5.57 Å². The Hall–Kier alpha value is -3.32. The maximum absolute atomic E-state index is 13.3. The molecule has 30 heavy (non-hydrogen) atoms. The number of amides is 2. The molecule has 2 aromatic rings. The van der Waals surface area contributed by atoms with Gasteiger partial charge in [0.25, 0.3) is 11.8 Å². The molecule has 0 aliphatic carbocycles. The van der Waals surface area contributed by atoms with Crippen molar-refractivity contribution in [2.24, 2.45) is 0 Å². The molecule has 158 valence electrons. The molecule has 0 radical (unpaired) electrons. The first-order chi connectivity index (χ1) is 14.6. The zero-order valence-electron chi connectivity index (χ0n) is 17.4. The molecule has 1 aliphatic heterocycles. The third kappa shape index (κ3) is 4.31. The Morgan fingerprint density at radius 2 is 1.57 bits per heavy atom. The van der Waals surface area contributed by atoms with E-state index in [1.807, 2.05) is 25.1 Å². The van der Waals surface area contributed by atoms with Gasteiger partial charge >= 0.3 is 0 Å². The van der Waals surface area contributed by atoms with Crippen molar-refractivity contribution in [3.63, 3.8) is 0 Å². The molecule has 0 saturated heterocycles. The Labute approximate surface area is 176 Å². The zero-order valence-corrected chi connectivity index (χ0v) is 17.4. The largest absolute Gasteiger partial charge is 0.496 e. The van der Waals surface area contributed by atoms with Gasteiger partial charge in [0.2, 0.25) is 0 Å². The van der Waals surface area contributed by atoms with Crippen LogP contribution in [-0.2, 0) is 14.3 Å². The third-order valence-corrected chi connectivity index (χ3v) is 4.79. The summed E-state index contributed by atoms with van der Waals surface area (Å²) in [5.41, 5.74) is 1.63. The van der Waals surface area contributed by atoms with E-state index in [9.17, 15) is 9.59 Å². The minimum Gasteiger partial charge on any atom is -0.496 e. The summed E-state index contributed by atoms with van der Waals surface area (Å²) in [4.78, 5) is 27.8. The number of hydrogen-bond acceptors (Lipinski definition) is 6. The first-order valence-corrected chi connectivity index (χ1v) is 9.84. The van der Waals surface area contributed by atoms with E-state index in [1.165, 1.54) is 12.0 Å². The number of nitrogens with zero attached hydrogens (tertiary/aromatic N) is 1. The zero-order chi connectivity index (χ0) is 21.5. The van der Waals surface area contributed by atoms with Crippen LogP contribution in [0.5, 0.6) is 11.5 Å².